The van der Waals surface area contributed by atoms with E-state index in [-0.39, 0.29) is 12.2 Å². The average Bonchev–Trinajstić information content (AvgIpc) is 2.25. The lowest BCUT2D eigenvalue weighted by molar-refractivity contribution is -0.385. The zero-order valence-corrected chi connectivity index (χ0v) is 8.54. The fourth-order valence-corrected chi connectivity index (χ4v) is 1.17. The minimum atomic E-state index is -1.42. The molecule has 0 fully saturated rings. The highest BCUT2D eigenvalue weighted by Crippen LogP contribution is 2.22. The summed E-state index contributed by atoms with van der Waals surface area (Å²) in [6, 6.07) is 3.42. The Morgan fingerprint density at radius 1 is 1.47 bits per heavy atom. The van der Waals surface area contributed by atoms with Gasteiger partial charge in [0.2, 0.25) is 5.91 Å². The number of anilines is 1. The van der Waals surface area contributed by atoms with Crippen LogP contribution in [-0.2, 0) is 4.79 Å². The number of nitro benzene ring substituents is 1. The number of nitrogens with two attached hydrogens (primary N) is 1. The van der Waals surface area contributed by atoms with Gasteiger partial charge < -0.3 is 16.2 Å². The summed E-state index contributed by atoms with van der Waals surface area (Å²) in [6.45, 7) is -0.184. The molecule has 0 aliphatic carbocycles. The summed E-state index contributed by atoms with van der Waals surface area (Å²) >= 11 is 0. The number of carboxylic acids is 1. The number of hydrogen-bond donors (Lipinski definition) is 3. The van der Waals surface area contributed by atoms with E-state index in [4.69, 9.17) is 10.8 Å². The molecule has 0 unspecified atom stereocenters. The topological polar surface area (TPSA) is 136 Å². The fraction of sp³-hybridized carbons (Fsp3) is 0.111. The van der Waals surface area contributed by atoms with Crippen LogP contribution in [0.15, 0.2) is 18.2 Å². The van der Waals surface area contributed by atoms with Gasteiger partial charge >= 0.3 is 5.97 Å². The number of amides is 1. The third-order valence-electron chi connectivity index (χ3n) is 1.89. The number of aromatic carboxylic acids is 1. The van der Waals surface area contributed by atoms with E-state index in [1.165, 1.54) is 6.07 Å². The Bertz CT molecular complexity index is 486. The molecular weight excluding hydrogens is 230 g/mol. The van der Waals surface area contributed by atoms with E-state index in [1.54, 1.807) is 0 Å². The van der Waals surface area contributed by atoms with Crippen molar-refractivity contribution in [1.82, 2.24) is 0 Å². The number of rotatable bonds is 5. The lowest BCUT2D eigenvalue weighted by Crippen LogP contribution is -2.21. The molecule has 8 heteroatoms. The van der Waals surface area contributed by atoms with Crippen LogP contribution in [0.25, 0.3) is 0 Å². The van der Waals surface area contributed by atoms with Crippen molar-refractivity contribution in [2.24, 2.45) is 5.73 Å². The monoisotopic (exact) mass is 239 g/mol. The van der Waals surface area contributed by atoms with E-state index >= 15 is 0 Å². The van der Waals surface area contributed by atoms with Crippen LogP contribution >= 0.6 is 0 Å². The maximum atomic E-state index is 10.8. The molecule has 0 bridgehead atoms. The van der Waals surface area contributed by atoms with Gasteiger partial charge in [-0.25, -0.2) is 4.79 Å². The van der Waals surface area contributed by atoms with Crippen molar-refractivity contribution in [3.63, 3.8) is 0 Å². The molecule has 4 N–H and O–H groups in total. The first-order chi connectivity index (χ1) is 7.91. The molecule has 0 saturated carbocycles. The van der Waals surface area contributed by atoms with Crippen molar-refractivity contribution in [1.29, 1.82) is 0 Å². The van der Waals surface area contributed by atoms with Crippen molar-refractivity contribution in [3.8, 4) is 0 Å². The van der Waals surface area contributed by atoms with Gasteiger partial charge in [0.05, 0.1) is 11.5 Å². The Morgan fingerprint density at radius 3 is 2.59 bits per heavy atom. The Kier molecular flexibility index (Phi) is 3.60. The van der Waals surface area contributed by atoms with Gasteiger partial charge in [0.25, 0.3) is 5.69 Å². The molecule has 1 aromatic carbocycles. The minimum Gasteiger partial charge on any atom is -0.477 e. The van der Waals surface area contributed by atoms with E-state index in [1.807, 2.05) is 0 Å². The summed E-state index contributed by atoms with van der Waals surface area (Å²) in [5.41, 5.74) is 4.19. The molecule has 0 aromatic heterocycles. The molecule has 1 rings (SSSR count). The molecule has 0 aliphatic heterocycles. The molecule has 0 radical (unpaired) electrons. The van der Waals surface area contributed by atoms with E-state index in [0.29, 0.717) is 0 Å². The van der Waals surface area contributed by atoms with Crippen LogP contribution in [0.5, 0.6) is 0 Å². The van der Waals surface area contributed by atoms with Crippen LogP contribution in [0.3, 0.4) is 0 Å². The molecular formula is C9H9N3O5. The normalized spacial score (nSPS) is 9.65. The van der Waals surface area contributed by atoms with E-state index in [0.717, 1.165) is 12.1 Å². The molecule has 0 spiro atoms. The molecule has 17 heavy (non-hydrogen) atoms. The number of carbonyl (C=O) groups is 2. The number of benzene rings is 1. The second-order valence-corrected chi connectivity index (χ2v) is 3.11. The summed E-state index contributed by atoms with van der Waals surface area (Å²) in [5.74, 6) is -2.04. The smallest absolute Gasteiger partial charge is 0.342 e. The highest BCUT2D eigenvalue weighted by Gasteiger charge is 2.19. The van der Waals surface area contributed by atoms with E-state index < -0.39 is 28.1 Å². The van der Waals surface area contributed by atoms with Crippen LogP contribution in [0.1, 0.15) is 10.4 Å². The number of primary amides is 1. The van der Waals surface area contributed by atoms with Crippen molar-refractivity contribution in [2.45, 2.75) is 0 Å². The number of carbonyl (C=O) groups excluding carboxylic acids is 1. The van der Waals surface area contributed by atoms with Crippen LogP contribution in [0.2, 0.25) is 0 Å². The summed E-state index contributed by atoms with van der Waals surface area (Å²) in [5, 5.41) is 21.9. The van der Waals surface area contributed by atoms with Gasteiger partial charge in [-0.15, -0.1) is 0 Å². The number of nitrogens with zero attached hydrogens (tertiary/aromatic N) is 1. The highest BCUT2D eigenvalue weighted by atomic mass is 16.6. The van der Waals surface area contributed by atoms with Gasteiger partial charge in [-0.05, 0) is 12.1 Å². The van der Waals surface area contributed by atoms with Gasteiger partial charge in [0, 0.05) is 11.8 Å². The number of nitro groups is 1. The molecule has 1 aromatic rings. The van der Waals surface area contributed by atoms with E-state index in [2.05, 4.69) is 5.32 Å². The molecule has 0 atom stereocenters. The molecule has 0 heterocycles. The van der Waals surface area contributed by atoms with Crippen LogP contribution in [0.4, 0.5) is 11.4 Å². The average molecular weight is 239 g/mol. The van der Waals surface area contributed by atoms with Gasteiger partial charge in [0.1, 0.15) is 5.56 Å². The quantitative estimate of drug-likeness (QED) is 0.495. The lowest BCUT2D eigenvalue weighted by Gasteiger charge is -2.05. The SMILES string of the molecule is NC(=O)CNc1ccc([N+](=O)[O-])c(C(=O)O)c1. The fourth-order valence-electron chi connectivity index (χ4n) is 1.17. The Morgan fingerprint density at radius 2 is 2.12 bits per heavy atom. The predicted molar refractivity (Wildman–Crippen MR) is 57.7 cm³/mol. The summed E-state index contributed by atoms with van der Waals surface area (Å²) < 4.78 is 0. The highest BCUT2D eigenvalue weighted by molar-refractivity contribution is 5.93. The van der Waals surface area contributed by atoms with Gasteiger partial charge in [-0.3, -0.25) is 14.9 Å². The van der Waals surface area contributed by atoms with Crippen LogP contribution in [0, 0.1) is 10.1 Å². The minimum absolute atomic E-state index is 0.184. The predicted octanol–water partition coefficient (Wildman–Crippen LogP) is 0.190. The van der Waals surface area contributed by atoms with Crippen molar-refractivity contribution < 1.29 is 19.6 Å². The summed E-state index contributed by atoms with van der Waals surface area (Å²) in [7, 11) is 0. The summed E-state index contributed by atoms with van der Waals surface area (Å²) in [6.07, 6.45) is 0. The standard InChI is InChI=1S/C9H9N3O5/c10-8(13)4-11-5-1-2-7(12(16)17)6(3-5)9(14)15/h1-3,11H,4H2,(H2,10,13)(H,14,15). The van der Waals surface area contributed by atoms with Gasteiger partial charge in [-0.1, -0.05) is 0 Å². The number of carboxylic acid groups (broad SMARTS) is 1. The van der Waals surface area contributed by atoms with Crippen molar-refractivity contribution in [3.05, 3.63) is 33.9 Å². The Balaban J connectivity index is 3.05. The molecule has 1 amide bonds. The number of hydrogen-bond acceptors (Lipinski definition) is 5. The third-order valence-corrected chi connectivity index (χ3v) is 1.89. The van der Waals surface area contributed by atoms with Crippen LogP contribution in [-0.4, -0.2) is 28.5 Å². The second kappa shape index (κ2) is 4.92. The summed E-state index contributed by atoms with van der Waals surface area (Å²) in [4.78, 5) is 31.1. The van der Waals surface area contributed by atoms with Crippen molar-refractivity contribution >= 4 is 23.3 Å². The molecule has 0 saturated heterocycles. The Hall–Kier alpha value is -2.64. The second-order valence-electron chi connectivity index (χ2n) is 3.11. The first kappa shape index (κ1) is 12.4. The number of nitrogens with one attached hydrogen (secondary N) is 1. The molecule has 8 nitrogen and oxygen atoms in total. The first-order valence-corrected chi connectivity index (χ1v) is 4.45. The van der Waals surface area contributed by atoms with Crippen molar-refractivity contribution in [2.75, 3.05) is 11.9 Å². The van der Waals surface area contributed by atoms with E-state index in [9.17, 15) is 19.7 Å². The largest absolute Gasteiger partial charge is 0.477 e. The zero-order chi connectivity index (χ0) is 13.0. The van der Waals surface area contributed by atoms with Gasteiger partial charge in [-0.2, -0.15) is 0 Å². The first-order valence-electron chi connectivity index (χ1n) is 4.45. The third kappa shape index (κ3) is 3.16. The zero-order valence-electron chi connectivity index (χ0n) is 8.54. The lowest BCUT2D eigenvalue weighted by atomic mass is 10.1. The molecule has 0 aliphatic rings. The molecule has 90 valence electrons. The maximum absolute atomic E-state index is 10.8. The van der Waals surface area contributed by atoms with Crippen LogP contribution < -0.4 is 11.1 Å². The maximum Gasteiger partial charge on any atom is 0.342 e. The Labute approximate surface area is 95.2 Å². The van der Waals surface area contributed by atoms with Gasteiger partial charge in [0.15, 0.2) is 0 Å².